The Morgan fingerprint density at radius 1 is 1.44 bits per heavy atom. The molecule has 0 saturated carbocycles. The highest BCUT2D eigenvalue weighted by molar-refractivity contribution is 6.31. The van der Waals surface area contributed by atoms with Gasteiger partial charge in [-0.15, -0.1) is 0 Å². The highest BCUT2D eigenvalue weighted by Crippen LogP contribution is 2.19. The van der Waals surface area contributed by atoms with Crippen LogP contribution in [-0.4, -0.2) is 13.1 Å². The standard InChI is InChI=1S/C12H14ClNO2/c1-8(14)10(12(15)16-2)7-9-5-3-4-6-11(9)13/h3-6H,7,14H2,1-2H3. The molecule has 0 aliphatic carbocycles. The van der Waals surface area contributed by atoms with Crippen LogP contribution in [0.1, 0.15) is 12.5 Å². The molecular formula is C12H14ClNO2. The minimum absolute atomic E-state index is 0.384. The van der Waals surface area contributed by atoms with Crippen LogP contribution in [0.2, 0.25) is 5.02 Å². The zero-order valence-corrected chi connectivity index (χ0v) is 10.0. The average Bonchev–Trinajstić information content (AvgIpc) is 2.26. The molecule has 0 spiro atoms. The first-order valence-electron chi connectivity index (χ1n) is 4.83. The van der Waals surface area contributed by atoms with Gasteiger partial charge in [-0.05, 0) is 18.6 Å². The molecule has 0 aromatic heterocycles. The van der Waals surface area contributed by atoms with E-state index >= 15 is 0 Å². The number of carbonyl (C=O) groups excluding carboxylic acids is 1. The van der Waals surface area contributed by atoms with E-state index in [-0.39, 0.29) is 0 Å². The predicted molar refractivity (Wildman–Crippen MR) is 64.1 cm³/mol. The molecule has 0 aliphatic heterocycles. The molecule has 4 heteroatoms. The molecule has 0 fully saturated rings. The number of hydrogen-bond acceptors (Lipinski definition) is 3. The van der Waals surface area contributed by atoms with Gasteiger partial charge in [0.05, 0.1) is 12.7 Å². The molecule has 0 amide bonds. The normalized spacial score (nSPS) is 11.9. The van der Waals surface area contributed by atoms with Crippen molar-refractivity contribution in [1.29, 1.82) is 0 Å². The van der Waals surface area contributed by atoms with Crippen LogP contribution in [0, 0.1) is 0 Å². The topological polar surface area (TPSA) is 52.3 Å². The zero-order chi connectivity index (χ0) is 12.1. The summed E-state index contributed by atoms with van der Waals surface area (Å²) in [6.07, 6.45) is 0.384. The van der Waals surface area contributed by atoms with Crippen LogP contribution < -0.4 is 5.73 Å². The van der Waals surface area contributed by atoms with Crippen molar-refractivity contribution in [2.75, 3.05) is 7.11 Å². The molecule has 0 saturated heterocycles. The van der Waals surface area contributed by atoms with Gasteiger partial charge in [0.2, 0.25) is 0 Å². The first kappa shape index (κ1) is 12.6. The Morgan fingerprint density at radius 2 is 2.06 bits per heavy atom. The SMILES string of the molecule is COC(=O)C(Cc1ccccc1Cl)=C(C)N. The number of ether oxygens (including phenoxy) is 1. The van der Waals surface area contributed by atoms with Gasteiger partial charge in [0.15, 0.2) is 0 Å². The molecule has 0 atom stereocenters. The van der Waals surface area contributed by atoms with Crippen molar-refractivity contribution < 1.29 is 9.53 Å². The molecule has 1 aromatic rings. The molecule has 3 nitrogen and oxygen atoms in total. The number of rotatable bonds is 3. The summed E-state index contributed by atoms with van der Waals surface area (Å²) in [6.45, 7) is 1.67. The van der Waals surface area contributed by atoms with Crippen LogP contribution in [0.3, 0.4) is 0 Å². The summed E-state index contributed by atoms with van der Waals surface area (Å²) in [4.78, 5) is 11.5. The summed E-state index contributed by atoms with van der Waals surface area (Å²) in [7, 11) is 1.33. The highest BCUT2D eigenvalue weighted by Gasteiger charge is 2.14. The molecule has 0 radical (unpaired) electrons. The molecule has 86 valence electrons. The van der Waals surface area contributed by atoms with Crippen molar-refractivity contribution in [3.05, 3.63) is 46.1 Å². The monoisotopic (exact) mass is 239 g/mol. The van der Waals surface area contributed by atoms with Gasteiger partial charge >= 0.3 is 5.97 Å². The number of methoxy groups -OCH3 is 1. The quantitative estimate of drug-likeness (QED) is 0.650. The fourth-order valence-corrected chi connectivity index (χ4v) is 1.53. The fraction of sp³-hybridized carbons (Fsp3) is 0.250. The second kappa shape index (κ2) is 5.56. The number of nitrogens with two attached hydrogens (primary N) is 1. The minimum Gasteiger partial charge on any atom is -0.466 e. The van der Waals surface area contributed by atoms with Crippen molar-refractivity contribution in [3.63, 3.8) is 0 Å². The van der Waals surface area contributed by atoms with Crippen LogP contribution in [0.25, 0.3) is 0 Å². The van der Waals surface area contributed by atoms with E-state index in [4.69, 9.17) is 17.3 Å². The van der Waals surface area contributed by atoms with E-state index in [2.05, 4.69) is 4.74 Å². The lowest BCUT2D eigenvalue weighted by Crippen LogP contribution is -2.13. The van der Waals surface area contributed by atoms with Crippen LogP contribution in [-0.2, 0) is 16.0 Å². The van der Waals surface area contributed by atoms with Gasteiger partial charge in [-0.1, -0.05) is 29.8 Å². The number of carbonyl (C=O) groups is 1. The predicted octanol–water partition coefficient (Wildman–Crippen LogP) is 2.29. The van der Waals surface area contributed by atoms with Crippen LogP contribution in [0.4, 0.5) is 0 Å². The second-order valence-electron chi connectivity index (χ2n) is 3.42. The van der Waals surface area contributed by atoms with E-state index in [0.717, 1.165) is 5.56 Å². The lowest BCUT2D eigenvalue weighted by molar-refractivity contribution is -0.136. The van der Waals surface area contributed by atoms with E-state index in [9.17, 15) is 4.79 Å². The Bertz CT molecular complexity index is 423. The maximum absolute atomic E-state index is 11.5. The number of esters is 1. The molecule has 0 bridgehead atoms. The third-order valence-corrected chi connectivity index (χ3v) is 2.60. The van der Waals surface area contributed by atoms with Crippen molar-refractivity contribution >= 4 is 17.6 Å². The summed E-state index contributed by atoms with van der Waals surface area (Å²) in [6, 6.07) is 7.33. The van der Waals surface area contributed by atoms with Crippen molar-refractivity contribution in [3.8, 4) is 0 Å². The van der Waals surface area contributed by atoms with Crippen LogP contribution >= 0.6 is 11.6 Å². The van der Waals surface area contributed by atoms with Gasteiger partial charge < -0.3 is 10.5 Å². The van der Waals surface area contributed by atoms with E-state index < -0.39 is 5.97 Å². The lowest BCUT2D eigenvalue weighted by Gasteiger charge is -2.08. The fourth-order valence-electron chi connectivity index (χ4n) is 1.33. The lowest BCUT2D eigenvalue weighted by atomic mass is 10.0. The number of benzene rings is 1. The summed E-state index contributed by atoms with van der Waals surface area (Å²) in [5.41, 5.74) is 7.39. The third-order valence-electron chi connectivity index (χ3n) is 2.23. The van der Waals surface area contributed by atoms with Gasteiger partial charge in [-0.25, -0.2) is 4.79 Å². The maximum atomic E-state index is 11.5. The largest absolute Gasteiger partial charge is 0.466 e. The first-order chi connectivity index (χ1) is 7.56. The number of halogens is 1. The molecule has 2 N–H and O–H groups in total. The Balaban J connectivity index is 2.99. The average molecular weight is 240 g/mol. The van der Waals surface area contributed by atoms with Crippen molar-refractivity contribution in [2.24, 2.45) is 5.73 Å². The molecule has 0 aliphatic rings. The Morgan fingerprint density at radius 3 is 2.56 bits per heavy atom. The Labute approximate surface area is 99.8 Å². The highest BCUT2D eigenvalue weighted by atomic mass is 35.5. The van der Waals surface area contributed by atoms with E-state index in [1.807, 2.05) is 18.2 Å². The van der Waals surface area contributed by atoms with Gasteiger partial charge in [0.1, 0.15) is 0 Å². The summed E-state index contributed by atoms with van der Waals surface area (Å²) in [5, 5.41) is 0.616. The van der Waals surface area contributed by atoms with Crippen molar-refractivity contribution in [2.45, 2.75) is 13.3 Å². The Kier molecular flexibility index (Phi) is 4.38. The molecule has 1 aromatic carbocycles. The Hall–Kier alpha value is -1.48. The van der Waals surface area contributed by atoms with Gasteiger partial charge in [0, 0.05) is 17.1 Å². The zero-order valence-electron chi connectivity index (χ0n) is 9.29. The smallest absolute Gasteiger partial charge is 0.335 e. The van der Waals surface area contributed by atoms with Gasteiger partial charge in [-0.2, -0.15) is 0 Å². The van der Waals surface area contributed by atoms with E-state index in [1.54, 1.807) is 13.0 Å². The van der Waals surface area contributed by atoms with Gasteiger partial charge in [0.25, 0.3) is 0 Å². The maximum Gasteiger partial charge on any atom is 0.335 e. The third kappa shape index (κ3) is 3.00. The summed E-state index contributed by atoms with van der Waals surface area (Å²) in [5.74, 6) is -0.417. The molecule has 0 heterocycles. The number of allylic oxidation sites excluding steroid dienone is 1. The number of hydrogen-bond donors (Lipinski definition) is 1. The van der Waals surface area contributed by atoms with E-state index in [0.29, 0.717) is 22.7 Å². The molecule has 16 heavy (non-hydrogen) atoms. The molecular weight excluding hydrogens is 226 g/mol. The van der Waals surface area contributed by atoms with Crippen LogP contribution in [0.15, 0.2) is 35.5 Å². The van der Waals surface area contributed by atoms with Crippen molar-refractivity contribution in [1.82, 2.24) is 0 Å². The van der Waals surface area contributed by atoms with Crippen LogP contribution in [0.5, 0.6) is 0 Å². The summed E-state index contributed by atoms with van der Waals surface area (Å²) < 4.78 is 4.67. The molecule has 0 unspecified atom stereocenters. The molecule has 1 rings (SSSR count). The van der Waals surface area contributed by atoms with E-state index in [1.165, 1.54) is 7.11 Å². The summed E-state index contributed by atoms with van der Waals surface area (Å²) >= 11 is 6.01. The van der Waals surface area contributed by atoms with Gasteiger partial charge in [-0.3, -0.25) is 0 Å². The second-order valence-corrected chi connectivity index (χ2v) is 3.83. The minimum atomic E-state index is -0.417. The first-order valence-corrected chi connectivity index (χ1v) is 5.21.